The second-order valence-electron chi connectivity index (χ2n) is 5.12. The van der Waals surface area contributed by atoms with Gasteiger partial charge in [0.15, 0.2) is 6.61 Å². The number of fused-ring (bicyclic) bond motifs is 1. The van der Waals surface area contributed by atoms with E-state index in [9.17, 15) is 4.79 Å². The molecule has 1 amide bonds. The van der Waals surface area contributed by atoms with Crippen LogP contribution in [0, 0.1) is 6.92 Å². The molecule has 4 nitrogen and oxygen atoms in total. The smallest absolute Gasteiger partial charge is 0.262 e. The molecule has 23 heavy (non-hydrogen) atoms. The fourth-order valence-corrected chi connectivity index (χ4v) is 2.54. The van der Waals surface area contributed by atoms with Gasteiger partial charge < -0.3 is 10.1 Å². The molecular formula is C18H15ClN2O2. The van der Waals surface area contributed by atoms with Crippen LogP contribution in [0.5, 0.6) is 5.75 Å². The van der Waals surface area contributed by atoms with Crippen molar-refractivity contribution in [1.29, 1.82) is 0 Å². The van der Waals surface area contributed by atoms with Crippen LogP contribution in [0.25, 0.3) is 10.9 Å². The zero-order valence-corrected chi connectivity index (χ0v) is 13.3. The van der Waals surface area contributed by atoms with Crippen molar-refractivity contribution >= 4 is 34.1 Å². The fourth-order valence-electron chi connectivity index (χ4n) is 2.32. The molecular weight excluding hydrogens is 312 g/mol. The third kappa shape index (κ3) is 3.60. The summed E-state index contributed by atoms with van der Waals surface area (Å²) in [4.78, 5) is 16.4. The summed E-state index contributed by atoms with van der Waals surface area (Å²) in [7, 11) is 0. The summed E-state index contributed by atoms with van der Waals surface area (Å²) >= 11 is 5.90. The van der Waals surface area contributed by atoms with E-state index in [-0.39, 0.29) is 12.5 Å². The molecule has 0 unspecified atom stereocenters. The molecule has 5 heteroatoms. The van der Waals surface area contributed by atoms with Gasteiger partial charge in [0.2, 0.25) is 0 Å². The number of ether oxygens (including phenoxy) is 1. The number of carbonyl (C=O) groups is 1. The number of nitrogens with one attached hydrogen (secondary N) is 1. The number of rotatable bonds is 4. The minimum atomic E-state index is -0.226. The molecule has 3 rings (SSSR count). The lowest BCUT2D eigenvalue weighted by Crippen LogP contribution is -2.20. The first-order valence-corrected chi connectivity index (χ1v) is 7.54. The monoisotopic (exact) mass is 326 g/mol. The second-order valence-corrected chi connectivity index (χ2v) is 5.56. The average molecular weight is 327 g/mol. The lowest BCUT2D eigenvalue weighted by atomic mass is 10.2. The number of hydrogen-bond acceptors (Lipinski definition) is 3. The molecule has 0 bridgehead atoms. The van der Waals surface area contributed by atoms with Crippen LogP contribution in [0.3, 0.4) is 0 Å². The first-order chi connectivity index (χ1) is 11.1. The first-order valence-electron chi connectivity index (χ1n) is 7.16. The van der Waals surface area contributed by atoms with E-state index < -0.39 is 0 Å². The highest BCUT2D eigenvalue weighted by atomic mass is 35.5. The Morgan fingerprint density at radius 3 is 2.91 bits per heavy atom. The number of hydrogen-bond donors (Lipinski definition) is 1. The third-order valence-corrected chi connectivity index (χ3v) is 3.65. The van der Waals surface area contributed by atoms with Gasteiger partial charge in [-0.2, -0.15) is 0 Å². The highest BCUT2D eigenvalue weighted by Gasteiger charge is 2.08. The Bertz CT molecular complexity index is 859. The van der Waals surface area contributed by atoms with Gasteiger partial charge in [-0.05, 0) is 55.0 Å². The highest BCUT2D eigenvalue weighted by molar-refractivity contribution is 6.30. The molecule has 1 heterocycles. The van der Waals surface area contributed by atoms with Gasteiger partial charge >= 0.3 is 0 Å². The Labute approximate surface area is 139 Å². The molecule has 0 fully saturated rings. The van der Waals surface area contributed by atoms with Gasteiger partial charge in [-0.15, -0.1) is 0 Å². The number of amides is 1. The molecule has 3 aromatic rings. The molecule has 0 aliphatic carbocycles. The van der Waals surface area contributed by atoms with E-state index >= 15 is 0 Å². The van der Waals surface area contributed by atoms with Crippen LogP contribution in [0.15, 0.2) is 54.7 Å². The maximum absolute atomic E-state index is 12.1. The zero-order valence-electron chi connectivity index (χ0n) is 12.5. The van der Waals surface area contributed by atoms with Crippen LogP contribution < -0.4 is 10.1 Å². The minimum absolute atomic E-state index is 0.0703. The normalized spacial score (nSPS) is 10.5. The van der Waals surface area contributed by atoms with E-state index in [1.165, 1.54) is 0 Å². The maximum atomic E-state index is 12.1. The Morgan fingerprint density at radius 2 is 2.09 bits per heavy atom. The van der Waals surface area contributed by atoms with Crippen LogP contribution >= 0.6 is 11.6 Å². The predicted molar refractivity (Wildman–Crippen MR) is 92.1 cm³/mol. The van der Waals surface area contributed by atoms with Crippen LogP contribution in [-0.4, -0.2) is 17.5 Å². The van der Waals surface area contributed by atoms with E-state index in [0.717, 1.165) is 22.2 Å². The summed E-state index contributed by atoms with van der Waals surface area (Å²) in [6, 6.07) is 14.6. The molecule has 0 aliphatic rings. The zero-order chi connectivity index (χ0) is 16.2. The second kappa shape index (κ2) is 6.67. The summed E-state index contributed by atoms with van der Waals surface area (Å²) < 4.78 is 5.55. The maximum Gasteiger partial charge on any atom is 0.262 e. The van der Waals surface area contributed by atoms with Crippen molar-refractivity contribution in [3.8, 4) is 5.75 Å². The quantitative estimate of drug-likeness (QED) is 0.781. The number of carbonyl (C=O) groups excluding carboxylic acids is 1. The van der Waals surface area contributed by atoms with Gasteiger partial charge in [0, 0.05) is 16.6 Å². The first kappa shape index (κ1) is 15.3. The lowest BCUT2D eigenvalue weighted by Gasteiger charge is -2.11. The molecule has 0 saturated heterocycles. The molecule has 0 atom stereocenters. The standard InChI is InChI=1S/C18H15ClN2O2/c1-12-10-13(19)7-8-17(12)23-11-18(22)21-16-6-2-5-15-14(16)4-3-9-20-15/h2-10H,11H2,1H3,(H,21,22). The number of aryl methyl sites for hydroxylation is 1. The Balaban J connectivity index is 1.69. The summed E-state index contributed by atoms with van der Waals surface area (Å²) in [5.41, 5.74) is 2.44. The van der Waals surface area contributed by atoms with Gasteiger partial charge in [0.1, 0.15) is 5.75 Å². The van der Waals surface area contributed by atoms with Crippen LogP contribution in [0.1, 0.15) is 5.56 Å². The number of benzene rings is 2. The molecule has 1 aromatic heterocycles. The van der Waals surface area contributed by atoms with E-state index in [1.807, 2.05) is 37.3 Å². The lowest BCUT2D eigenvalue weighted by molar-refractivity contribution is -0.118. The molecule has 0 aliphatic heterocycles. The highest BCUT2D eigenvalue weighted by Crippen LogP contribution is 2.23. The van der Waals surface area contributed by atoms with Gasteiger partial charge in [-0.1, -0.05) is 17.7 Å². The van der Waals surface area contributed by atoms with Gasteiger partial charge in [-0.3, -0.25) is 9.78 Å². The van der Waals surface area contributed by atoms with Crippen LogP contribution in [0.2, 0.25) is 5.02 Å². The van der Waals surface area contributed by atoms with Crippen molar-refractivity contribution in [2.75, 3.05) is 11.9 Å². The van der Waals surface area contributed by atoms with Crippen molar-refractivity contribution in [2.24, 2.45) is 0 Å². The summed E-state index contributed by atoms with van der Waals surface area (Å²) in [5.74, 6) is 0.417. The molecule has 0 saturated carbocycles. The third-order valence-electron chi connectivity index (χ3n) is 3.42. The number of anilines is 1. The van der Waals surface area contributed by atoms with Gasteiger partial charge in [0.25, 0.3) is 5.91 Å². The topological polar surface area (TPSA) is 51.2 Å². The number of nitrogens with zero attached hydrogens (tertiary/aromatic N) is 1. The minimum Gasteiger partial charge on any atom is -0.483 e. The SMILES string of the molecule is Cc1cc(Cl)ccc1OCC(=O)Nc1cccc2ncccc12. The number of halogens is 1. The van der Waals surface area contributed by atoms with Crippen LogP contribution in [-0.2, 0) is 4.79 Å². The van der Waals surface area contributed by atoms with Crippen molar-refractivity contribution in [1.82, 2.24) is 4.98 Å². The van der Waals surface area contributed by atoms with E-state index in [0.29, 0.717) is 10.8 Å². The van der Waals surface area contributed by atoms with Crippen LogP contribution in [0.4, 0.5) is 5.69 Å². The number of pyridine rings is 1. The van der Waals surface area contributed by atoms with E-state index in [2.05, 4.69) is 10.3 Å². The van der Waals surface area contributed by atoms with Gasteiger partial charge in [0.05, 0.1) is 11.2 Å². The largest absolute Gasteiger partial charge is 0.483 e. The molecule has 2 aromatic carbocycles. The van der Waals surface area contributed by atoms with Crippen molar-refractivity contribution in [3.05, 3.63) is 65.3 Å². The summed E-state index contributed by atoms with van der Waals surface area (Å²) in [6.07, 6.45) is 1.72. The molecule has 0 spiro atoms. The molecule has 1 N–H and O–H groups in total. The summed E-state index contributed by atoms with van der Waals surface area (Å²) in [5, 5.41) is 4.39. The van der Waals surface area contributed by atoms with Crippen molar-refractivity contribution < 1.29 is 9.53 Å². The molecule has 116 valence electrons. The van der Waals surface area contributed by atoms with E-state index in [4.69, 9.17) is 16.3 Å². The van der Waals surface area contributed by atoms with Crippen molar-refractivity contribution in [3.63, 3.8) is 0 Å². The predicted octanol–water partition coefficient (Wildman–Crippen LogP) is 4.21. The van der Waals surface area contributed by atoms with Gasteiger partial charge in [-0.25, -0.2) is 0 Å². The Morgan fingerprint density at radius 1 is 1.22 bits per heavy atom. The van der Waals surface area contributed by atoms with E-state index in [1.54, 1.807) is 24.4 Å². The fraction of sp³-hybridized carbons (Fsp3) is 0.111. The molecule has 0 radical (unpaired) electrons. The average Bonchev–Trinajstić information content (AvgIpc) is 2.54. The Kier molecular flexibility index (Phi) is 4.44. The summed E-state index contributed by atoms with van der Waals surface area (Å²) in [6.45, 7) is 1.81. The Hall–Kier alpha value is -2.59. The van der Waals surface area contributed by atoms with Crippen molar-refractivity contribution in [2.45, 2.75) is 6.92 Å². The number of aromatic nitrogens is 1.